The maximum Gasteiger partial charge on any atom is 0.262 e. The maximum atomic E-state index is 13.2. The Bertz CT molecular complexity index is 539. The predicted molar refractivity (Wildman–Crippen MR) is 81.0 cm³/mol. The Kier molecular flexibility index (Phi) is 3.93. The molecule has 0 aliphatic carbocycles. The van der Waals surface area contributed by atoms with Crippen LogP contribution in [0.5, 0.6) is 0 Å². The number of hydrogen-bond donors (Lipinski definition) is 1. The van der Waals surface area contributed by atoms with Crippen LogP contribution in [0.4, 0.5) is 8.78 Å². The Morgan fingerprint density at radius 2 is 1.86 bits per heavy atom. The highest BCUT2D eigenvalue weighted by atomic mass is 19.3. The van der Waals surface area contributed by atoms with Crippen LogP contribution in [0.2, 0.25) is 0 Å². The lowest BCUT2D eigenvalue weighted by atomic mass is 9.74. The molecule has 1 aromatic rings. The Morgan fingerprint density at radius 3 is 2.41 bits per heavy atom. The molecule has 0 bridgehead atoms. The average molecular weight is 308 g/mol. The van der Waals surface area contributed by atoms with E-state index in [1.807, 2.05) is 18.2 Å². The van der Waals surface area contributed by atoms with Crippen LogP contribution >= 0.6 is 0 Å². The van der Waals surface area contributed by atoms with E-state index in [0.717, 1.165) is 12.8 Å². The van der Waals surface area contributed by atoms with Gasteiger partial charge in [-0.3, -0.25) is 10.1 Å². The lowest BCUT2D eigenvalue weighted by Gasteiger charge is -2.40. The third kappa shape index (κ3) is 3.00. The standard InChI is InChI=1S/C17H22F2N2O/c1-16(13-5-3-2-4-6-13)7-9-21(10-8-16)15(22)14-11-17(18,19)12-20-14/h2-6,14,20H,7-12H2,1H3. The molecular weight excluding hydrogens is 286 g/mol. The predicted octanol–water partition coefficient (Wildman–Crippen LogP) is 2.56. The molecular formula is C17H22F2N2O. The van der Waals surface area contributed by atoms with Gasteiger partial charge < -0.3 is 4.90 Å². The van der Waals surface area contributed by atoms with E-state index in [2.05, 4.69) is 24.4 Å². The van der Waals surface area contributed by atoms with Crippen molar-refractivity contribution in [3.63, 3.8) is 0 Å². The minimum atomic E-state index is -2.76. The monoisotopic (exact) mass is 308 g/mol. The molecule has 1 aromatic carbocycles. The van der Waals surface area contributed by atoms with Gasteiger partial charge in [0.15, 0.2) is 0 Å². The smallest absolute Gasteiger partial charge is 0.262 e. The van der Waals surface area contributed by atoms with E-state index in [9.17, 15) is 13.6 Å². The molecule has 2 saturated heterocycles. The van der Waals surface area contributed by atoms with Gasteiger partial charge in [0.05, 0.1) is 12.6 Å². The summed E-state index contributed by atoms with van der Waals surface area (Å²) in [7, 11) is 0. The van der Waals surface area contributed by atoms with E-state index >= 15 is 0 Å². The lowest BCUT2D eigenvalue weighted by Crippen LogP contribution is -2.49. The van der Waals surface area contributed by atoms with Crippen molar-refractivity contribution in [1.29, 1.82) is 0 Å². The number of likely N-dealkylation sites (tertiary alicyclic amines) is 1. The Hall–Kier alpha value is -1.49. The van der Waals surface area contributed by atoms with Gasteiger partial charge in [0.2, 0.25) is 5.91 Å². The Balaban J connectivity index is 1.61. The molecule has 0 aromatic heterocycles. The molecule has 3 nitrogen and oxygen atoms in total. The van der Waals surface area contributed by atoms with Crippen LogP contribution in [0.3, 0.4) is 0 Å². The number of benzene rings is 1. The first-order valence-corrected chi connectivity index (χ1v) is 7.85. The second-order valence-electron chi connectivity index (χ2n) is 6.75. The summed E-state index contributed by atoms with van der Waals surface area (Å²) in [4.78, 5) is 14.1. The highest BCUT2D eigenvalue weighted by Crippen LogP contribution is 2.35. The van der Waals surface area contributed by atoms with Crippen molar-refractivity contribution in [2.75, 3.05) is 19.6 Å². The van der Waals surface area contributed by atoms with E-state index in [0.29, 0.717) is 13.1 Å². The summed E-state index contributed by atoms with van der Waals surface area (Å²) < 4.78 is 26.5. The number of rotatable bonds is 2. The number of halogens is 2. The molecule has 5 heteroatoms. The van der Waals surface area contributed by atoms with Gasteiger partial charge >= 0.3 is 0 Å². The second-order valence-corrected chi connectivity index (χ2v) is 6.75. The Labute approximate surface area is 129 Å². The van der Waals surface area contributed by atoms with Gasteiger partial charge in [-0.1, -0.05) is 37.3 Å². The van der Waals surface area contributed by atoms with Gasteiger partial charge in [-0.15, -0.1) is 0 Å². The average Bonchev–Trinajstić information content (AvgIpc) is 2.88. The van der Waals surface area contributed by atoms with Gasteiger partial charge in [0.25, 0.3) is 5.92 Å². The number of amides is 1. The molecule has 0 saturated carbocycles. The SMILES string of the molecule is CC1(c2ccccc2)CCN(C(=O)C2CC(F)(F)CN2)CC1. The normalized spacial score (nSPS) is 26.9. The lowest BCUT2D eigenvalue weighted by molar-refractivity contribution is -0.135. The van der Waals surface area contributed by atoms with E-state index in [4.69, 9.17) is 0 Å². The molecule has 1 atom stereocenters. The highest BCUT2D eigenvalue weighted by molar-refractivity contribution is 5.82. The van der Waals surface area contributed by atoms with Crippen LogP contribution in [-0.2, 0) is 10.2 Å². The molecule has 2 aliphatic rings. The van der Waals surface area contributed by atoms with Crippen molar-refractivity contribution in [3.05, 3.63) is 35.9 Å². The largest absolute Gasteiger partial charge is 0.341 e. The topological polar surface area (TPSA) is 32.3 Å². The van der Waals surface area contributed by atoms with E-state index in [1.54, 1.807) is 4.90 Å². The number of carbonyl (C=O) groups excluding carboxylic acids is 1. The summed E-state index contributed by atoms with van der Waals surface area (Å²) in [6.45, 7) is 3.09. The summed E-state index contributed by atoms with van der Waals surface area (Å²) >= 11 is 0. The number of nitrogens with zero attached hydrogens (tertiary/aromatic N) is 1. The Morgan fingerprint density at radius 1 is 1.23 bits per heavy atom. The van der Waals surface area contributed by atoms with E-state index in [-0.39, 0.29) is 24.3 Å². The van der Waals surface area contributed by atoms with Gasteiger partial charge in [-0.05, 0) is 23.8 Å². The molecule has 2 aliphatic heterocycles. The third-order valence-electron chi connectivity index (χ3n) is 5.06. The zero-order chi connectivity index (χ0) is 15.8. The van der Waals surface area contributed by atoms with Crippen LogP contribution in [0, 0.1) is 0 Å². The molecule has 2 fully saturated rings. The molecule has 1 N–H and O–H groups in total. The van der Waals surface area contributed by atoms with Crippen molar-refractivity contribution < 1.29 is 13.6 Å². The number of carbonyl (C=O) groups is 1. The molecule has 120 valence electrons. The summed E-state index contributed by atoms with van der Waals surface area (Å²) in [5, 5.41) is 2.66. The zero-order valence-electron chi connectivity index (χ0n) is 12.8. The van der Waals surface area contributed by atoms with Crippen molar-refractivity contribution in [2.45, 2.75) is 43.6 Å². The van der Waals surface area contributed by atoms with Crippen LogP contribution in [0.25, 0.3) is 0 Å². The summed E-state index contributed by atoms with van der Waals surface area (Å²) in [6, 6.07) is 9.58. The number of hydrogen-bond acceptors (Lipinski definition) is 2. The van der Waals surface area contributed by atoms with Crippen LogP contribution in [0.15, 0.2) is 30.3 Å². The van der Waals surface area contributed by atoms with Gasteiger partial charge in [-0.25, -0.2) is 8.78 Å². The van der Waals surface area contributed by atoms with E-state index in [1.165, 1.54) is 5.56 Å². The fraction of sp³-hybridized carbons (Fsp3) is 0.588. The minimum absolute atomic E-state index is 0.0606. The third-order valence-corrected chi connectivity index (χ3v) is 5.06. The highest BCUT2D eigenvalue weighted by Gasteiger charge is 2.44. The van der Waals surface area contributed by atoms with Gasteiger partial charge in [0, 0.05) is 19.5 Å². The first kappa shape index (κ1) is 15.4. The fourth-order valence-corrected chi connectivity index (χ4v) is 3.46. The molecule has 1 amide bonds. The maximum absolute atomic E-state index is 13.2. The molecule has 0 spiro atoms. The summed E-state index contributed by atoms with van der Waals surface area (Å²) in [5.41, 5.74) is 1.35. The molecule has 2 heterocycles. The fourth-order valence-electron chi connectivity index (χ4n) is 3.46. The molecule has 3 rings (SSSR count). The van der Waals surface area contributed by atoms with Crippen molar-refractivity contribution >= 4 is 5.91 Å². The molecule has 0 radical (unpaired) electrons. The number of nitrogens with one attached hydrogen (secondary N) is 1. The first-order chi connectivity index (χ1) is 10.4. The second kappa shape index (κ2) is 5.61. The van der Waals surface area contributed by atoms with E-state index < -0.39 is 12.0 Å². The van der Waals surface area contributed by atoms with Crippen molar-refractivity contribution in [2.24, 2.45) is 0 Å². The summed E-state index contributed by atoms with van der Waals surface area (Å²) in [5.74, 6) is -2.93. The first-order valence-electron chi connectivity index (χ1n) is 7.85. The molecule has 1 unspecified atom stereocenters. The van der Waals surface area contributed by atoms with Crippen LogP contribution in [-0.4, -0.2) is 42.4 Å². The zero-order valence-corrected chi connectivity index (χ0v) is 12.8. The van der Waals surface area contributed by atoms with Crippen LogP contribution in [0.1, 0.15) is 31.7 Å². The minimum Gasteiger partial charge on any atom is -0.341 e. The van der Waals surface area contributed by atoms with Gasteiger partial charge in [-0.2, -0.15) is 0 Å². The number of piperidine rings is 1. The number of alkyl halides is 2. The van der Waals surface area contributed by atoms with Crippen LogP contribution < -0.4 is 5.32 Å². The van der Waals surface area contributed by atoms with Gasteiger partial charge in [0.1, 0.15) is 0 Å². The molecule has 22 heavy (non-hydrogen) atoms. The quantitative estimate of drug-likeness (QED) is 0.911. The van der Waals surface area contributed by atoms with Crippen molar-refractivity contribution in [1.82, 2.24) is 10.2 Å². The van der Waals surface area contributed by atoms with Crippen molar-refractivity contribution in [3.8, 4) is 0 Å². The summed E-state index contributed by atoms with van der Waals surface area (Å²) in [6.07, 6.45) is 1.36.